The van der Waals surface area contributed by atoms with E-state index in [0.29, 0.717) is 19.5 Å². The van der Waals surface area contributed by atoms with Crippen LogP contribution in [0.1, 0.15) is 16.7 Å². The molecule has 3 aromatic rings. The zero-order valence-corrected chi connectivity index (χ0v) is 16.9. The topological polar surface area (TPSA) is 70.5 Å². The lowest BCUT2D eigenvalue weighted by molar-refractivity contribution is -0.128. The Kier molecular flexibility index (Phi) is 5.90. The van der Waals surface area contributed by atoms with E-state index >= 15 is 0 Å². The van der Waals surface area contributed by atoms with E-state index in [9.17, 15) is 9.59 Å². The zero-order chi connectivity index (χ0) is 20.9. The van der Waals surface area contributed by atoms with Gasteiger partial charge in [0, 0.05) is 24.7 Å². The highest BCUT2D eigenvalue weighted by Gasteiger charge is 2.38. The maximum Gasteiger partial charge on any atom is 0.325 e. The Hall–Kier alpha value is -3.45. The number of nitrogens with one attached hydrogen (secondary N) is 1. The lowest BCUT2D eigenvalue weighted by Crippen LogP contribution is -2.40. The van der Waals surface area contributed by atoms with Crippen molar-refractivity contribution in [3.8, 4) is 0 Å². The monoisotopic (exact) mass is 403 g/mol. The molecule has 1 saturated heterocycles. The van der Waals surface area contributed by atoms with Crippen LogP contribution in [0.4, 0.5) is 4.79 Å². The molecule has 0 radical (unpaired) electrons. The van der Waals surface area contributed by atoms with Crippen LogP contribution in [0.3, 0.4) is 0 Å². The standard InChI is InChI=1S/C23H25N5O2/c1-26(14-20-13-24-27(16-20)15-19-10-6-3-7-11-19)17-28-22(29)21(25-23(28)30)12-18-8-4-2-5-9-18/h2-11,13,16,21H,12,14-15,17H2,1H3,(H,25,30). The van der Waals surface area contributed by atoms with Crippen LogP contribution in [0.15, 0.2) is 73.1 Å². The number of urea groups is 1. The van der Waals surface area contributed by atoms with Crippen LogP contribution in [0.2, 0.25) is 0 Å². The van der Waals surface area contributed by atoms with Gasteiger partial charge >= 0.3 is 6.03 Å². The Balaban J connectivity index is 1.32. The molecule has 2 heterocycles. The SMILES string of the molecule is CN(Cc1cnn(Cc2ccccc2)c1)CN1C(=O)NC(Cc2ccccc2)C1=O. The Morgan fingerprint density at radius 1 is 0.967 bits per heavy atom. The van der Waals surface area contributed by atoms with Crippen LogP contribution in [0.25, 0.3) is 0 Å². The van der Waals surface area contributed by atoms with Crippen molar-refractivity contribution in [3.05, 3.63) is 89.7 Å². The molecule has 3 amide bonds. The lowest BCUT2D eigenvalue weighted by atomic mass is 10.1. The van der Waals surface area contributed by atoms with Gasteiger partial charge in [-0.1, -0.05) is 60.7 Å². The third-order valence-corrected chi connectivity index (χ3v) is 5.10. The van der Waals surface area contributed by atoms with Crippen LogP contribution in [-0.2, 0) is 24.3 Å². The number of hydrogen-bond acceptors (Lipinski definition) is 4. The van der Waals surface area contributed by atoms with Crippen LogP contribution >= 0.6 is 0 Å². The highest BCUT2D eigenvalue weighted by atomic mass is 16.2. The number of carbonyl (C=O) groups is 2. The third-order valence-electron chi connectivity index (χ3n) is 5.10. The van der Waals surface area contributed by atoms with E-state index in [0.717, 1.165) is 11.1 Å². The van der Waals surface area contributed by atoms with Gasteiger partial charge in [0.15, 0.2) is 0 Å². The van der Waals surface area contributed by atoms with Crippen molar-refractivity contribution < 1.29 is 9.59 Å². The van der Waals surface area contributed by atoms with Gasteiger partial charge in [0.1, 0.15) is 6.04 Å². The van der Waals surface area contributed by atoms with E-state index in [-0.39, 0.29) is 18.6 Å². The molecule has 7 heteroatoms. The van der Waals surface area contributed by atoms with Crippen LogP contribution in [-0.4, -0.2) is 51.3 Å². The minimum atomic E-state index is -0.512. The first kappa shape index (κ1) is 19.8. The largest absolute Gasteiger partial charge is 0.325 e. The molecule has 0 spiro atoms. The molecule has 154 valence electrons. The second kappa shape index (κ2) is 8.92. The zero-order valence-electron chi connectivity index (χ0n) is 16.9. The molecule has 1 aliphatic rings. The Morgan fingerprint density at radius 3 is 2.33 bits per heavy atom. The Labute approximate surface area is 175 Å². The fraction of sp³-hybridized carbons (Fsp3) is 0.261. The van der Waals surface area contributed by atoms with Crippen LogP contribution < -0.4 is 5.32 Å². The molecule has 1 N–H and O–H groups in total. The fourth-order valence-electron chi connectivity index (χ4n) is 3.65. The van der Waals surface area contributed by atoms with Gasteiger partial charge in [0.05, 0.1) is 19.4 Å². The van der Waals surface area contributed by atoms with E-state index in [1.807, 2.05) is 77.6 Å². The van der Waals surface area contributed by atoms with E-state index < -0.39 is 6.04 Å². The number of amides is 3. The minimum Gasteiger partial charge on any atom is -0.325 e. The maximum absolute atomic E-state index is 12.7. The minimum absolute atomic E-state index is 0.185. The van der Waals surface area contributed by atoms with E-state index in [2.05, 4.69) is 22.5 Å². The molecule has 30 heavy (non-hydrogen) atoms. The van der Waals surface area contributed by atoms with Gasteiger partial charge in [0.2, 0.25) is 0 Å². The summed E-state index contributed by atoms with van der Waals surface area (Å²) in [6.45, 7) is 1.54. The van der Waals surface area contributed by atoms with E-state index in [4.69, 9.17) is 0 Å². The van der Waals surface area contributed by atoms with Crippen molar-refractivity contribution in [2.75, 3.05) is 13.7 Å². The summed E-state index contributed by atoms with van der Waals surface area (Å²) in [5.41, 5.74) is 3.24. The molecule has 1 aliphatic heterocycles. The number of rotatable bonds is 8. The third kappa shape index (κ3) is 4.75. The highest BCUT2D eigenvalue weighted by molar-refractivity contribution is 6.04. The molecule has 0 aliphatic carbocycles. The number of hydrogen-bond donors (Lipinski definition) is 1. The normalized spacial score (nSPS) is 16.3. The Bertz CT molecular complexity index is 1000. The van der Waals surface area contributed by atoms with Crippen molar-refractivity contribution in [1.29, 1.82) is 0 Å². The molecule has 1 atom stereocenters. The number of nitrogens with zero attached hydrogens (tertiary/aromatic N) is 4. The molecule has 0 bridgehead atoms. The van der Waals surface area contributed by atoms with Crippen molar-refractivity contribution in [3.63, 3.8) is 0 Å². The quantitative estimate of drug-likeness (QED) is 0.587. The van der Waals surface area contributed by atoms with E-state index in [1.54, 1.807) is 0 Å². The molecule has 1 aromatic heterocycles. The second-order valence-corrected chi connectivity index (χ2v) is 7.65. The number of carbonyl (C=O) groups excluding carboxylic acids is 2. The van der Waals surface area contributed by atoms with Crippen molar-refractivity contribution in [2.24, 2.45) is 0 Å². The summed E-state index contributed by atoms with van der Waals surface area (Å²) in [7, 11) is 1.89. The van der Waals surface area contributed by atoms with Gasteiger partial charge in [-0.3, -0.25) is 14.4 Å². The summed E-state index contributed by atoms with van der Waals surface area (Å²) in [6.07, 6.45) is 4.31. The second-order valence-electron chi connectivity index (χ2n) is 7.65. The first-order valence-electron chi connectivity index (χ1n) is 9.98. The molecule has 1 fully saturated rings. The van der Waals surface area contributed by atoms with Crippen molar-refractivity contribution >= 4 is 11.9 Å². The smallest absolute Gasteiger partial charge is 0.325 e. The summed E-state index contributed by atoms with van der Waals surface area (Å²) in [5, 5.41) is 7.21. The molecule has 2 aromatic carbocycles. The van der Waals surface area contributed by atoms with E-state index in [1.165, 1.54) is 10.5 Å². The lowest BCUT2D eigenvalue weighted by Gasteiger charge is -2.21. The van der Waals surface area contributed by atoms with Gasteiger partial charge in [-0.2, -0.15) is 5.10 Å². The summed E-state index contributed by atoms with van der Waals surface area (Å²) in [4.78, 5) is 28.3. The predicted octanol–water partition coefficient (Wildman–Crippen LogP) is 2.48. The average Bonchev–Trinajstić information content (AvgIpc) is 3.28. The van der Waals surface area contributed by atoms with Crippen molar-refractivity contribution in [2.45, 2.75) is 25.6 Å². The number of benzene rings is 2. The predicted molar refractivity (Wildman–Crippen MR) is 113 cm³/mol. The van der Waals surface area contributed by atoms with Gasteiger partial charge in [-0.25, -0.2) is 9.69 Å². The molecule has 4 rings (SSSR count). The maximum atomic E-state index is 12.7. The number of imide groups is 1. The van der Waals surface area contributed by atoms with Gasteiger partial charge in [-0.15, -0.1) is 0 Å². The summed E-state index contributed by atoms with van der Waals surface area (Å²) < 4.78 is 1.89. The molecule has 1 unspecified atom stereocenters. The average molecular weight is 403 g/mol. The summed E-state index contributed by atoms with van der Waals surface area (Å²) in [6, 6.07) is 19.0. The van der Waals surface area contributed by atoms with Crippen LogP contribution in [0.5, 0.6) is 0 Å². The van der Waals surface area contributed by atoms with Gasteiger partial charge in [-0.05, 0) is 18.2 Å². The molecular weight excluding hydrogens is 378 g/mol. The highest BCUT2D eigenvalue weighted by Crippen LogP contribution is 2.14. The molecule has 7 nitrogen and oxygen atoms in total. The molecular formula is C23H25N5O2. The molecule has 0 saturated carbocycles. The number of aromatic nitrogens is 2. The fourth-order valence-corrected chi connectivity index (χ4v) is 3.65. The van der Waals surface area contributed by atoms with Gasteiger partial charge in [0.25, 0.3) is 5.91 Å². The van der Waals surface area contributed by atoms with Gasteiger partial charge < -0.3 is 5.32 Å². The summed E-state index contributed by atoms with van der Waals surface area (Å²) >= 11 is 0. The first-order chi connectivity index (χ1) is 14.6. The van der Waals surface area contributed by atoms with Crippen molar-refractivity contribution in [1.82, 2.24) is 24.9 Å². The Morgan fingerprint density at radius 2 is 1.63 bits per heavy atom. The van der Waals surface area contributed by atoms with Crippen LogP contribution in [0, 0.1) is 0 Å². The summed E-state index contributed by atoms with van der Waals surface area (Å²) in [5.74, 6) is -0.185. The first-order valence-corrected chi connectivity index (χ1v) is 9.98.